The molecule has 0 aromatic carbocycles. The summed E-state index contributed by atoms with van der Waals surface area (Å²) in [6.07, 6.45) is 0. The van der Waals surface area contributed by atoms with E-state index in [1.165, 1.54) is 7.05 Å². The molecule has 0 saturated heterocycles. The number of hydrogen-bond acceptors (Lipinski definition) is 8. The average Bonchev–Trinajstić information content (AvgIpc) is 2.30. The van der Waals surface area contributed by atoms with E-state index in [-0.39, 0.29) is 0 Å². The van der Waals surface area contributed by atoms with Gasteiger partial charge in [0, 0.05) is 0 Å². The molecule has 10 nitrogen and oxygen atoms in total. The van der Waals surface area contributed by atoms with Crippen molar-refractivity contribution in [3.63, 3.8) is 0 Å². The molecular weight excluding hydrogens is 259 g/mol. The molecule has 0 aromatic rings. The van der Waals surface area contributed by atoms with Crippen molar-refractivity contribution < 1.29 is 39.3 Å². The van der Waals surface area contributed by atoms with Crippen molar-refractivity contribution in [2.24, 2.45) is 11.5 Å². The molecule has 10 N–H and O–H groups in total. The van der Waals surface area contributed by atoms with Gasteiger partial charge in [0.2, 0.25) is 0 Å². The molecule has 0 fully saturated rings. The maximum Gasteiger partial charge on any atom is 0.471 e. The fraction of sp³-hybridized carbons (Fsp3) is 1.00. The summed E-state index contributed by atoms with van der Waals surface area (Å²) in [5, 5.41) is 32.7. The Morgan fingerprint density at radius 2 is 1.35 bits per heavy atom. The van der Waals surface area contributed by atoms with E-state index in [0.29, 0.717) is 0 Å². The van der Waals surface area contributed by atoms with Crippen LogP contribution in [0.4, 0.5) is 0 Å². The number of hydrogen-bond donors (Lipinski definition) is 8. The zero-order valence-electron chi connectivity index (χ0n) is 9.43. The summed E-state index contributed by atoms with van der Waals surface area (Å²) < 4.78 is 13.0. The van der Waals surface area contributed by atoms with Gasteiger partial charge in [-0.15, -0.1) is 0 Å². The van der Waals surface area contributed by atoms with Crippen LogP contribution in [-0.2, 0) is 9.09 Å². The van der Waals surface area contributed by atoms with Crippen molar-refractivity contribution in [1.29, 1.82) is 0 Å². The standard InChI is InChI=1S/C4H11NO3.CH5N.CH5O5P/c5-4(1-6,2-7)3-8;1-2;2-1-6-7(3,4)5/h6-8H,1-3,5H2;2H2,1H3;2H,1H2,(H2,3,4,5). The molecule has 0 aliphatic heterocycles. The molecule has 0 amide bonds. The zero-order chi connectivity index (χ0) is 14.5. The Labute approximate surface area is 98.7 Å². The van der Waals surface area contributed by atoms with Gasteiger partial charge in [-0.2, -0.15) is 0 Å². The smallest absolute Gasteiger partial charge is 0.394 e. The first-order chi connectivity index (χ1) is 7.74. The van der Waals surface area contributed by atoms with Crippen molar-refractivity contribution in [3.8, 4) is 0 Å². The van der Waals surface area contributed by atoms with Gasteiger partial charge in [0.15, 0.2) is 6.79 Å². The Kier molecular flexibility index (Phi) is 16.0. The van der Waals surface area contributed by atoms with E-state index < -0.39 is 40.0 Å². The summed E-state index contributed by atoms with van der Waals surface area (Å²) in [5.74, 6) is 0. The maximum absolute atomic E-state index is 9.54. The van der Waals surface area contributed by atoms with Crippen LogP contribution >= 0.6 is 7.82 Å². The number of aliphatic hydroxyl groups is 4. The first kappa shape index (κ1) is 22.1. The minimum Gasteiger partial charge on any atom is -0.394 e. The van der Waals surface area contributed by atoms with E-state index in [1.54, 1.807) is 0 Å². The number of phosphoric acid groups is 1. The van der Waals surface area contributed by atoms with Crippen molar-refractivity contribution >= 4 is 7.82 Å². The lowest BCUT2D eigenvalue weighted by Gasteiger charge is -2.20. The van der Waals surface area contributed by atoms with Crippen LogP contribution in [0.25, 0.3) is 0 Å². The van der Waals surface area contributed by atoms with Gasteiger partial charge >= 0.3 is 7.82 Å². The molecular formula is C6H21N2O8P. The van der Waals surface area contributed by atoms with E-state index >= 15 is 0 Å². The van der Waals surface area contributed by atoms with Crippen LogP contribution < -0.4 is 11.5 Å². The second kappa shape index (κ2) is 12.3. The molecule has 0 atom stereocenters. The normalized spacial score (nSPS) is 10.9. The van der Waals surface area contributed by atoms with E-state index in [2.05, 4.69) is 10.3 Å². The first-order valence-electron chi connectivity index (χ1n) is 4.25. The molecule has 108 valence electrons. The minimum atomic E-state index is -4.42. The molecule has 0 aliphatic rings. The van der Waals surface area contributed by atoms with Gasteiger partial charge < -0.3 is 41.7 Å². The monoisotopic (exact) mass is 280 g/mol. The second-order valence-corrected chi connectivity index (χ2v) is 3.82. The van der Waals surface area contributed by atoms with E-state index in [9.17, 15) is 4.57 Å². The molecule has 0 aromatic heterocycles. The Morgan fingerprint density at radius 3 is 1.35 bits per heavy atom. The first-order valence-corrected chi connectivity index (χ1v) is 5.78. The van der Waals surface area contributed by atoms with Crippen molar-refractivity contribution in [2.45, 2.75) is 5.54 Å². The van der Waals surface area contributed by atoms with Crippen LogP contribution in [0, 0.1) is 0 Å². The van der Waals surface area contributed by atoms with Gasteiger partial charge in [0.1, 0.15) is 0 Å². The lowest BCUT2D eigenvalue weighted by molar-refractivity contribution is 0.0658. The summed E-state index contributed by atoms with van der Waals surface area (Å²) in [6, 6.07) is 0. The molecule has 0 saturated carbocycles. The predicted octanol–water partition coefficient (Wildman–Crippen LogP) is -3.72. The van der Waals surface area contributed by atoms with Gasteiger partial charge in [-0.3, -0.25) is 4.52 Å². The van der Waals surface area contributed by atoms with Crippen LogP contribution in [0.1, 0.15) is 0 Å². The van der Waals surface area contributed by atoms with Crippen molar-refractivity contribution in [2.75, 3.05) is 33.7 Å². The Balaban J connectivity index is -0.000000202. The van der Waals surface area contributed by atoms with E-state index in [1.807, 2.05) is 0 Å². The largest absolute Gasteiger partial charge is 0.471 e. The number of phosphoric ester groups is 1. The fourth-order valence-corrected chi connectivity index (χ4v) is 0.376. The Bertz CT molecular complexity index is 186. The third kappa shape index (κ3) is 18.4. The van der Waals surface area contributed by atoms with Gasteiger partial charge in [0.25, 0.3) is 0 Å². The molecule has 17 heavy (non-hydrogen) atoms. The molecule has 0 aliphatic carbocycles. The van der Waals surface area contributed by atoms with Crippen molar-refractivity contribution in [3.05, 3.63) is 0 Å². The van der Waals surface area contributed by atoms with Gasteiger partial charge in [0.05, 0.1) is 25.4 Å². The van der Waals surface area contributed by atoms with Crippen LogP contribution in [-0.4, -0.2) is 69.4 Å². The van der Waals surface area contributed by atoms with Crippen LogP contribution in [0.2, 0.25) is 0 Å². The highest BCUT2D eigenvalue weighted by Crippen LogP contribution is 2.34. The third-order valence-corrected chi connectivity index (χ3v) is 1.62. The number of nitrogens with two attached hydrogens (primary N) is 2. The molecule has 0 spiro atoms. The Morgan fingerprint density at radius 1 is 1.06 bits per heavy atom. The van der Waals surface area contributed by atoms with Gasteiger partial charge in [-0.25, -0.2) is 4.57 Å². The average molecular weight is 280 g/mol. The lowest BCUT2D eigenvalue weighted by atomic mass is 10.1. The Hall–Kier alpha value is -0.130. The van der Waals surface area contributed by atoms with Crippen LogP contribution in [0.3, 0.4) is 0 Å². The quantitative estimate of drug-likeness (QED) is 0.183. The molecule has 0 rings (SSSR count). The number of aliphatic hydroxyl groups excluding tert-OH is 4. The van der Waals surface area contributed by atoms with Crippen LogP contribution in [0.5, 0.6) is 0 Å². The topological polar surface area (TPSA) is 200 Å². The lowest BCUT2D eigenvalue weighted by Crippen LogP contribution is -2.50. The highest BCUT2D eigenvalue weighted by atomic mass is 31.2. The van der Waals surface area contributed by atoms with Gasteiger partial charge in [-0.1, -0.05) is 0 Å². The highest BCUT2D eigenvalue weighted by molar-refractivity contribution is 7.46. The summed E-state index contributed by atoms with van der Waals surface area (Å²) in [5.41, 5.74) is 8.44. The molecule has 11 heteroatoms. The minimum absolute atomic E-state index is 0.403. The molecule has 0 heterocycles. The second-order valence-electron chi connectivity index (χ2n) is 2.59. The fourth-order valence-electron chi connectivity index (χ4n) is 0.225. The van der Waals surface area contributed by atoms with E-state index in [0.717, 1.165) is 0 Å². The van der Waals surface area contributed by atoms with Crippen molar-refractivity contribution in [1.82, 2.24) is 0 Å². The maximum atomic E-state index is 9.54. The SMILES string of the molecule is CN.NC(CO)(CO)CO.O=P(O)(O)OCO. The summed E-state index contributed by atoms with van der Waals surface area (Å²) in [4.78, 5) is 15.5. The summed E-state index contributed by atoms with van der Waals surface area (Å²) >= 11 is 0. The number of rotatable bonds is 5. The molecule has 0 bridgehead atoms. The van der Waals surface area contributed by atoms with E-state index in [4.69, 9.17) is 35.9 Å². The van der Waals surface area contributed by atoms with Crippen LogP contribution in [0.15, 0.2) is 0 Å². The summed E-state index contributed by atoms with van der Waals surface area (Å²) in [6.45, 7) is -2.16. The summed E-state index contributed by atoms with van der Waals surface area (Å²) in [7, 11) is -2.92. The third-order valence-electron chi connectivity index (χ3n) is 1.17. The highest BCUT2D eigenvalue weighted by Gasteiger charge is 2.20. The molecule has 0 unspecified atom stereocenters. The molecule has 0 radical (unpaired) electrons. The zero-order valence-corrected chi connectivity index (χ0v) is 10.3. The predicted molar refractivity (Wildman–Crippen MR) is 58.5 cm³/mol. The van der Waals surface area contributed by atoms with Gasteiger partial charge in [-0.05, 0) is 7.05 Å².